The summed E-state index contributed by atoms with van der Waals surface area (Å²) in [6.07, 6.45) is 1.46. The SMILES string of the molecule is Oc1cn(-c2cc(Cl)cc(Cl)c2)c(=S)[nH]1. The molecule has 2 aromatic rings. The number of hydrogen-bond acceptors (Lipinski definition) is 2. The van der Waals surface area contributed by atoms with Crippen LogP contribution in [0.25, 0.3) is 5.69 Å². The monoisotopic (exact) mass is 260 g/mol. The van der Waals surface area contributed by atoms with Gasteiger partial charge in [0.25, 0.3) is 0 Å². The molecular weight excluding hydrogens is 255 g/mol. The van der Waals surface area contributed by atoms with Crippen LogP contribution < -0.4 is 0 Å². The fraction of sp³-hybridized carbons (Fsp3) is 0. The van der Waals surface area contributed by atoms with Crippen molar-refractivity contribution in [3.05, 3.63) is 39.2 Å². The maximum absolute atomic E-state index is 9.22. The van der Waals surface area contributed by atoms with E-state index >= 15 is 0 Å². The van der Waals surface area contributed by atoms with Gasteiger partial charge in [0, 0.05) is 10.0 Å². The first-order valence-corrected chi connectivity index (χ1v) is 5.20. The molecule has 1 aromatic carbocycles. The van der Waals surface area contributed by atoms with E-state index in [1.807, 2.05) is 0 Å². The number of imidazole rings is 1. The van der Waals surface area contributed by atoms with Crippen LogP contribution >= 0.6 is 35.4 Å². The number of halogens is 2. The van der Waals surface area contributed by atoms with Crippen molar-refractivity contribution >= 4 is 35.4 Å². The fourth-order valence-corrected chi connectivity index (χ4v) is 2.03. The van der Waals surface area contributed by atoms with Crippen molar-refractivity contribution in [3.8, 4) is 11.6 Å². The van der Waals surface area contributed by atoms with E-state index in [2.05, 4.69) is 4.98 Å². The zero-order chi connectivity index (χ0) is 11.0. The number of aromatic amines is 1. The van der Waals surface area contributed by atoms with Crippen molar-refractivity contribution in [3.63, 3.8) is 0 Å². The lowest BCUT2D eigenvalue weighted by atomic mass is 10.3. The second kappa shape index (κ2) is 3.89. The lowest BCUT2D eigenvalue weighted by Gasteiger charge is -2.03. The summed E-state index contributed by atoms with van der Waals surface area (Å²) in [6.45, 7) is 0. The number of rotatable bonds is 1. The summed E-state index contributed by atoms with van der Waals surface area (Å²) in [7, 11) is 0. The number of benzene rings is 1. The maximum Gasteiger partial charge on any atom is 0.207 e. The second-order valence-electron chi connectivity index (χ2n) is 2.94. The van der Waals surface area contributed by atoms with E-state index in [1.165, 1.54) is 6.20 Å². The minimum absolute atomic E-state index is 0.00361. The van der Waals surface area contributed by atoms with Crippen LogP contribution in [0.4, 0.5) is 0 Å². The zero-order valence-electron chi connectivity index (χ0n) is 7.37. The van der Waals surface area contributed by atoms with Gasteiger partial charge in [-0.2, -0.15) is 0 Å². The van der Waals surface area contributed by atoms with Crippen LogP contribution in [0.5, 0.6) is 5.88 Å². The number of hydrogen-bond donors (Lipinski definition) is 2. The Morgan fingerprint density at radius 2 is 1.80 bits per heavy atom. The molecule has 1 heterocycles. The van der Waals surface area contributed by atoms with Gasteiger partial charge in [-0.15, -0.1) is 0 Å². The molecule has 0 aliphatic heterocycles. The average molecular weight is 261 g/mol. The average Bonchev–Trinajstić information content (AvgIpc) is 2.43. The lowest BCUT2D eigenvalue weighted by Crippen LogP contribution is -1.91. The molecule has 0 atom stereocenters. The third-order valence-electron chi connectivity index (χ3n) is 1.83. The van der Waals surface area contributed by atoms with Gasteiger partial charge in [-0.1, -0.05) is 23.2 Å². The van der Waals surface area contributed by atoms with Crippen molar-refractivity contribution < 1.29 is 5.11 Å². The molecule has 0 amide bonds. The first-order chi connectivity index (χ1) is 7.06. The molecule has 0 saturated carbocycles. The van der Waals surface area contributed by atoms with Gasteiger partial charge in [0.15, 0.2) is 4.77 Å². The minimum Gasteiger partial charge on any atom is -0.493 e. The summed E-state index contributed by atoms with van der Waals surface area (Å²) in [6, 6.07) is 5.04. The molecule has 2 rings (SSSR count). The van der Waals surface area contributed by atoms with Gasteiger partial charge in [0.2, 0.25) is 5.88 Å². The molecule has 78 valence electrons. The largest absolute Gasteiger partial charge is 0.493 e. The van der Waals surface area contributed by atoms with Gasteiger partial charge in [-0.3, -0.25) is 4.57 Å². The quantitative estimate of drug-likeness (QED) is 0.771. The van der Waals surface area contributed by atoms with E-state index in [9.17, 15) is 5.11 Å². The molecule has 2 N–H and O–H groups in total. The molecule has 0 radical (unpaired) electrons. The van der Waals surface area contributed by atoms with E-state index in [0.717, 1.165) is 0 Å². The number of aromatic nitrogens is 2. The lowest BCUT2D eigenvalue weighted by molar-refractivity contribution is 0.456. The molecule has 15 heavy (non-hydrogen) atoms. The Kier molecular flexibility index (Phi) is 2.73. The summed E-state index contributed by atoms with van der Waals surface area (Å²) < 4.78 is 1.97. The third-order valence-corrected chi connectivity index (χ3v) is 2.57. The van der Waals surface area contributed by atoms with E-state index in [4.69, 9.17) is 35.4 Å². The Bertz CT molecular complexity index is 541. The standard InChI is InChI=1S/C9H6Cl2N2OS/c10-5-1-6(11)3-7(2-5)13-4-8(14)12-9(13)15/h1-4,14H,(H,12,15). The normalized spacial score (nSPS) is 10.5. The zero-order valence-corrected chi connectivity index (χ0v) is 9.70. The maximum atomic E-state index is 9.22. The van der Waals surface area contributed by atoms with Crippen molar-refractivity contribution in [1.29, 1.82) is 0 Å². The Morgan fingerprint density at radius 3 is 2.27 bits per heavy atom. The third kappa shape index (κ3) is 2.17. The van der Waals surface area contributed by atoms with Crippen LogP contribution in [-0.2, 0) is 0 Å². The Morgan fingerprint density at radius 1 is 1.20 bits per heavy atom. The summed E-state index contributed by atoms with van der Waals surface area (Å²) in [4.78, 5) is 2.59. The number of aromatic hydroxyl groups is 1. The van der Waals surface area contributed by atoms with Crippen LogP contribution in [0, 0.1) is 4.77 Å². The predicted molar refractivity (Wildman–Crippen MR) is 62.6 cm³/mol. The van der Waals surface area contributed by atoms with Crippen molar-refractivity contribution in [2.45, 2.75) is 0 Å². The molecule has 6 heteroatoms. The number of nitrogens with zero attached hydrogens (tertiary/aromatic N) is 1. The second-order valence-corrected chi connectivity index (χ2v) is 4.20. The molecule has 0 aliphatic rings. The molecule has 0 unspecified atom stereocenters. The smallest absolute Gasteiger partial charge is 0.207 e. The van der Waals surface area contributed by atoms with Crippen LogP contribution in [0.2, 0.25) is 10.0 Å². The highest BCUT2D eigenvalue weighted by atomic mass is 35.5. The number of nitrogens with one attached hydrogen (secondary N) is 1. The first-order valence-electron chi connectivity index (χ1n) is 4.03. The first kappa shape index (κ1) is 10.5. The van der Waals surface area contributed by atoms with Crippen molar-refractivity contribution in [2.24, 2.45) is 0 Å². The van der Waals surface area contributed by atoms with Crippen LogP contribution in [0.3, 0.4) is 0 Å². The minimum atomic E-state index is -0.00361. The van der Waals surface area contributed by atoms with Crippen LogP contribution in [0.1, 0.15) is 0 Å². The van der Waals surface area contributed by atoms with E-state index in [0.29, 0.717) is 20.5 Å². The molecule has 0 spiro atoms. The van der Waals surface area contributed by atoms with Gasteiger partial charge >= 0.3 is 0 Å². The molecular formula is C9H6Cl2N2OS. The molecule has 0 saturated heterocycles. The summed E-state index contributed by atoms with van der Waals surface area (Å²) >= 11 is 16.7. The Hall–Kier alpha value is -0.970. The molecule has 3 nitrogen and oxygen atoms in total. The van der Waals surface area contributed by atoms with Crippen molar-refractivity contribution in [1.82, 2.24) is 9.55 Å². The molecule has 0 fully saturated rings. The van der Waals surface area contributed by atoms with Crippen molar-refractivity contribution in [2.75, 3.05) is 0 Å². The van der Waals surface area contributed by atoms with E-state index in [1.54, 1.807) is 22.8 Å². The number of H-pyrrole nitrogens is 1. The summed E-state index contributed by atoms with van der Waals surface area (Å²) in [5.74, 6) is -0.00361. The predicted octanol–water partition coefficient (Wildman–Crippen LogP) is 3.55. The Balaban J connectivity index is 2.63. The van der Waals surface area contributed by atoms with Gasteiger partial charge in [-0.05, 0) is 30.4 Å². The fourth-order valence-electron chi connectivity index (χ4n) is 1.25. The van der Waals surface area contributed by atoms with Crippen LogP contribution in [0.15, 0.2) is 24.4 Å². The van der Waals surface area contributed by atoms with Gasteiger partial charge < -0.3 is 10.1 Å². The molecule has 1 aromatic heterocycles. The Labute approximate surface area is 101 Å². The van der Waals surface area contributed by atoms with Crippen LogP contribution in [-0.4, -0.2) is 14.7 Å². The molecule has 0 aliphatic carbocycles. The molecule has 0 bridgehead atoms. The van der Waals surface area contributed by atoms with Gasteiger partial charge in [0.1, 0.15) is 0 Å². The van der Waals surface area contributed by atoms with Gasteiger partial charge in [-0.25, -0.2) is 0 Å². The topological polar surface area (TPSA) is 41.0 Å². The highest BCUT2D eigenvalue weighted by Gasteiger charge is 2.03. The van der Waals surface area contributed by atoms with E-state index < -0.39 is 0 Å². The summed E-state index contributed by atoms with van der Waals surface area (Å²) in [5.41, 5.74) is 0.703. The highest BCUT2D eigenvalue weighted by Crippen LogP contribution is 2.23. The van der Waals surface area contributed by atoms with Gasteiger partial charge in [0.05, 0.1) is 11.9 Å². The van der Waals surface area contributed by atoms with E-state index in [-0.39, 0.29) is 5.88 Å². The summed E-state index contributed by atoms with van der Waals surface area (Å²) in [5, 5.41) is 10.3. The highest BCUT2D eigenvalue weighted by molar-refractivity contribution is 7.71.